The molecule has 14 heteroatoms. The second-order valence-corrected chi connectivity index (χ2v) is 15.6. The summed E-state index contributed by atoms with van der Waals surface area (Å²) in [5.41, 5.74) is 2.55. The van der Waals surface area contributed by atoms with Gasteiger partial charge in [0.1, 0.15) is 23.6 Å². The van der Waals surface area contributed by atoms with Crippen LogP contribution < -0.4 is 28.7 Å². The van der Waals surface area contributed by atoms with E-state index < -0.39 is 55.5 Å². The van der Waals surface area contributed by atoms with Crippen molar-refractivity contribution in [2.24, 2.45) is 0 Å². The Labute approximate surface area is 300 Å². The molecule has 2 atom stereocenters. The van der Waals surface area contributed by atoms with Crippen molar-refractivity contribution >= 4 is 43.2 Å². The molecule has 0 bridgehead atoms. The van der Waals surface area contributed by atoms with E-state index in [1.807, 2.05) is 12.1 Å². The number of carbonyl (C=O) groups is 2. The van der Waals surface area contributed by atoms with Crippen molar-refractivity contribution in [1.29, 1.82) is 0 Å². The Kier molecular flexibility index (Phi) is 13.7. The fourth-order valence-electron chi connectivity index (χ4n) is 5.38. The molecule has 51 heavy (non-hydrogen) atoms. The molecule has 0 heterocycles. The summed E-state index contributed by atoms with van der Waals surface area (Å²) in [5.74, 6) is -0.921. The quantitative estimate of drug-likeness (QED) is 0.157. The van der Waals surface area contributed by atoms with Crippen LogP contribution in [-0.4, -0.2) is 80.6 Å². The third kappa shape index (κ3) is 11.6. The Hall–Kier alpha value is -4.76. The number of nitrogens with zero attached hydrogens (tertiary/aromatic N) is 2. The number of ether oxygens (including phenoxy) is 2. The molecule has 0 aliphatic carbocycles. The first-order valence-electron chi connectivity index (χ1n) is 16.2. The van der Waals surface area contributed by atoms with Crippen LogP contribution in [0.1, 0.15) is 17.5 Å². The Bertz CT molecular complexity index is 1800. The molecule has 4 aromatic rings. The summed E-state index contributed by atoms with van der Waals surface area (Å²) in [5, 5.41) is 0. The molecule has 4 rings (SSSR count). The molecule has 0 spiro atoms. The van der Waals surface area contributed by atoms with Crippen LogP contribution in [0.2, 0.25) is 0 Å². The average Bonchev–Trinajstić information content (AvgIpc) is 3.13. The van der Waals surface area contributed by atoms with Gasteiger partial charge in [0.15, 0.2) is 0 Å². The van der Waals surface area contributed by atoms with Gasteiger partial charge in [0.2, 0.25) is 31.9 Å². The third-order valence-electron chi connectivity index (χ3n) is 8.21. The SMILES string of the molecule is COc1ccc(N(C)C(=O)[C@H](Cc2ccccc2)NS(=O)(=O)CCCS(=O)(=O)N[C@@H](Cc2ccccc2)C(=O)N(C)c2ccc(OC)cc2)cc1. The molecule has 0 aliphatic rings. The number of benzene rings is 4. The second-order valence-electron chi connectivity index (χ2n) is 11.9. The van der Waals surface area contributed by atoms with E-state index in [0.29, 0.717) is 22.9 Å². The number of rotatable bonds is 18. The lowest BCUT2D eigenvalue weighted by molar-refractivity contribution is -0.120. The summed E-state index contributed by atoms with van der Waals surface area (Å²) in [7, 11) is -2.12. The van der Waals surface area contributed by atoms with Gasteiger partial charge in [-0.25, -0.2) is 26.3 Å². The summed E-state index contributed by atoms with van der Waals surface area (Å²) in [6.07, 6.45) is -0.139. The largest absolute Gasteiger partial charge is 0.497 e. The van der Waals surface area contributed by atoms with Crippen LogP contribution in [0, 0.1) is 0 Å². The molecule has 2 N–H and O–H groups in total. The van der Waals surface area contributed by atoms with Gasteiger partial charge in [-0.1, -0.05) is 60.7 Å². The molecular formula is C37H44N4O8S2. The van der Waals surface area contributed by atoms with E-state index in [9.17, 15) is 26.4 Å². The highest BCUT2D eigenvalue weighted by Gasteiger charge is 2.30. The number of carbonyl (C=O) groups excluding carboxylic acids is 2. The van der Waals surface area contributed by atoms with E-state index in [-0.39, 0.29) is 19.3 Å². The van der Waals surface area contributed by atoms with Crippen LogP contribution >= 0.6 is 0 Å². The number of likely N-dealkylation sites (N-methyl/N-ethyl adjacent to an activating group) is 2. The normalized spacial score (nSPS) is 12.8. The molecule has 0 saturated heterocycles. The lowest BCUT2D eigenvalue weighted by atomic mass is 10.1. The Morgan fingerprint density at radius 1 is 0.569 bits per heavy atom. The molecule has 0 fully saturated rings. The van der Waals surface area contributed by atoms with Crippen molar-refractivity contribution in [3.05, 3.63) is 120 Å². The van der Waals surface area contributed by atoms with Gasteiger partial charge in [0.25, 0.3) is 0 Å². The first kappa shape index (κ1) is 39.0. The van der Waals surface area contributed by atoms with Crippen molar-refractivity contribution in [3.63, 3.8) is 0 Å². The van der Waals surface area contributed by atoms with E-state index >= 15 is 0 Å². The molecule has 272 valence electrons. The van der Waals surface area contributed by atoms with E-state index in [2.05, 4.69) is 9.44 Å². The molecule has 0 radical (unpaired) electrons. The van der Waals surface area contributed by atoms with Gasteiger partial charge in [-0.3, -0.25) is 9.59 Å². The minimum absolute atomic E-state index is 0.0737. The van der Waals surface area contributed by atoms with Crippen molar-refractivity contribution in [3.8, 4) is 11.5 Å². The van der Waals surface area contributed by atoms with Gasteiger partial charge in [0, 0.05) is 25.5 Å². The van der Waals surface area contributed by atoms with E-state index in [1.165, 1.54) is 24.0 Å². The topological polar surface area (TPSA) is 151 Å². The lowest BCUT2D eigenvalue weighted by Crippen LogP contribution is -2.50. The maximum atomic E-state index is 13.7. The number of sulfonamides is 2. The van der Waals surface area contributed by atoms with Crippen molar-refractivity contribution in [2.45, 2.75) is 31.3 Å². The highest BCUT2D eigenvalue weighted by Crippen LogP contribution is 2.21. The number of hydrogen-bond donors (Lipinski definition) is 2. The molecule has 2 amide bonds. The van der Waals surface area contributed by atoms with Crippen LogP contribution in [-0.2, 0) is 42.5 Å². The predicted octanol–water partition coefficient (Wildman–Crippen LogP) is 3.78. The van der Waals surface area contributed by atoms with E-state index in [1.54, 1.807) is 111 Å². The first-order valence-corrected chi connectivity index (χ1v) is 19.5. The Morgan fingerprint density at radius 2 is 0.902 bits per heavy atom. The van der Waals surface area contributed by atoms with Crippen LogP contribution in [0.3, 0.4) is 0 Å². The maximum absolute atomic E-state index is 13.7. The maximum Gasteiger partial charge on any atom is 0.245 e. The summed E-state index contributed by atoms with van der Waals surface area (Å²) in [6.45, 7) is 0. The number of amides is 2. The van der Waals surface area contributed by atoms with E-state index in [4.69, 9.17) is 9.47 Å². The van der Waals surface area contributed by atoms with Gasteiger partial charge in [0.05, 0.1) is 25.7 Å². The van der Waals surface area contributed by atoms with Gasteiger partial charge >= 0.3 is 0 Å². The summed E-state index contributed by atoms with van der Waals surface area (Å²) in [6, 6.07) is 29.2. The smallest absolute Gasteiger partial charge is 0.245 e. The lowest BCUT2D eigenvalue weighted by Gasteiger charge is -2.25. The minimum Gasteiger partial charge on any atom is -0.497 e. The number of hydrogen-bond acceptors (Lipinski definition) is 8. The van der Waals surface area contributed by atoms with Crippen LogP contribution in [0.4, 0.5) is 11.4 Å². The second kappa shape index (κ2) is 17.9. The van der Waals surface area contributed by atoms with Gasteiger partial charge < -0.3 is 19.3 Å². The standard InChI is InChI=1S/C37H44N4O8S2/c1-40(30-16-20-32(48-3)21-17-30)36(42)34(26-28-12-7-5-8-13-28)38-50(44,45)24-11-25-51(46,47)39-35(27-29-14-9-6-10-15-29)37(43)41(2)31-18-22-33(49-4)23-19-31/h5-10,12-23,34-35,38-39H,11,24-27H2,1-4H3/t34-,35-/m0/s1. The molecule has 12 nitrogen and oxygen atoms in total. The van der Waals surface area contributed by atoms with Crippen molar-refractivity contribution < 1.29 is 35.9 Å². The molecule has 0 saturated carbocycles. The van der Waals surface area contributed by atoms with E-state index in [0.717, 1.165) is 11.1 Å². The van der Waals surface area contributed by atoms with Crippen LogP contribution in [0.25, 0.3) is 0 Å². The van der Waals surface area contributed by atoms with Crippen molar-refractivity contribution in [2.75, 3.05) is 49.6 Å². The molecule has 0 unspecified atom stereocenters. The number of anilines is 2. The summed E-state index contributed by atoms with van der Waals surface area (Å²) >= 11 is 0. The third-order valence-corrected chi connectivity index (χ3v) is 11.2. The molecule has 0 aromatic heterocycles. The molecule has 0 aliphatic heterocycles. The fraction of sp³-hybridized carbons (Fsp3) is 0.297. The number of nitrogens with one attached hydrogen (secondary N) is 2. The zero-order chi connectivity index (χ0) is 37.0. The molecule has 4 aromatic carbocycles. The summed E-state index contributed by atoms with van der Waals surface area (Å²) in [4.78, 5) is 30.0. The van der Waals surface area contributed by atoms with Crippen molar-refractivity contribution in [1.82, 2.24) is 9.44 Å². The zero-order valence-electron chi connectivity index (χ0n) is 29.1. The van der Waals surface area contributed by atoms with Crippen LogP contribution in [0.5, 0.6) is 11.5 Å². The monoisotopic (exact) mass is 736 g/mol. The first-order chi connectivity index (χ1) is 24.3. The van der Waals surface area contributed by atoms with Gasteiger partial charge in [-0.05, 0) is 78.9 Å². The number of methoxy groups -OCH3 is 2. The van der Waals surface area contributed by atoms with Gasteiger partial charge in [-0.2, -0.15) is 0 Å². The predicted molar refractivity (Wildman–Crippen MR) is 199 cm³/mol. The highest BCUT2D eigenvalue weighted by atomic mass is 32.2. The Morgan fingerprint density at radius 3 is 1.22 bits per heavy atom. The fourth-order valence-corrected chi connectivity index (χ4v) is 8.08. The highest BCUT2D eigenvalue weighted by molar-refractivity contribution is 7.90. The average molecular weight is 737 g/mol. The van der Waals surface area contributed by atoms with Crippen LogP contribution in [0.15, 0.2) is 109 Å². The van der Waals surface area contributed by atoms with Gasteiger partial charge in [-0.15, -0.1) is 0 Å². The Balaban J connectivity index is 1.45. The minimum atomic E-state index is -4.14. The molecular weight excluding hydrogens is 693 g/mol. The zero-order valence-corrected chi connectivity index (χ0v) is 30.7. The summed E-state index contributed by atoms with van der Waals surface area (Å²) < 4.78 is 68.8.